The summed E-state index contributed by atoms with van der Waals surface area (Å²) in [5.74, 6) is 0. The minimum Gasteiger partial charge on any atom is -0.425 e. The van der Waals surface area contributed by atoms with E-state index in [1.165, 1.54) is 0 Å². The van der Waals surface area contributed by atoms with E-state index in [4.69, 9.17) is 0 Å². The zero-order valence-corrected chi connectivity index (χ0v) is 13.4. The molecule has 0 saturated carbocycles. The van der Waals surface area contributed by atoms with E-state index in [9.17, 15) is 5.21 Å². The topological polar surface area (TPSA) is 76.2 Å². The number of aromatic nitrogens is 4. The fourth-order valence-corrected chi connectivity index (χ4v) is 2.84. The molecule has 0 saturated heterocycles. The van der Waals surface area contributed by atoms with Gasteiger partial charge in [0.25, 0.3) is 5.62 Å². The van der Waals surface area contributed by atoms with Crippen LogP contribution in [0.15, 0.2) is 53.5 Å². The second-order valence-corrected chi connectivity index (χ2v) is 6.04. The van der Waals surface area contributed by atoms with Gasteiger partial charge in [-0.3, -0.25) is 4.98 Å². The first-order chi connectivity index (χ1) is 11.3. The summed E-state index contributed by atoms with van der Waals surface area (Å²) in [4.78, 5) is 16.9. The van der Waals surface area contributed by atoms with Crippen LogP contribution in [0.3, 0.4) is 0 Å². The Kier molecular flexibility index (Phi) is 5.10. The Bertz CT molecular complexity index is 799. The van der Waals surface area contributed by atoms with E-state index in [0.717, 1.165) is 33.7 Å². The van der Waals surface area contributed by atoms with Crippen LogP contribution in [0.5, 0.6) is 0 Å². The zero-order valence-electron chi connectivity index (χ0n) is 12.5. The molecule has 7 heteroatoms. The summed E-state index contributed by atoms with van der Waals surface area (Å²) in [6.07, 6.45) is 11.2. The minimum atomic E-state index is 0.319. The van der Waals surface area contributed by atoms with Crippen LogP contribution in [0.25, 0.3) is 0 Å². The Labute approximate surface area is 137 Å². The summed E-state index contributed by atoms with van der Waals surface area (Å²) in [5.41, 5.74) is 2.30. The molecule has 0 aliphatic rings. The smallest absolute Gasteiger partial charge is 0.258 e. The lowest BCUT2D eigenvalue weighted by Gasteiger charge is -2.03. The van der Waals surface area contributed by atoms with Crippen LogP contribution in [-0.4, -0.2) is 31.4 Å². The van der Waals surface area contributed by atoms with Crippen molar-refractivity contribution < 1.29 is 5.21 Å². The Balaban J connectivity index is 1.61. The molecule has 0 fully saturated rings. The molecule has 0 amide bonds. The average molecular weight is 327 g/mol. The van der Waals surface area contributed by atoms with Gasteiger partial charge in [0.1, 0.15) is 0 Å². The molecule has 3 aromatic rings. The second kappa shape index (κ2) is 7.64. The van der Waals surface area contributed by atoms with Crippen molar-refractivity contribution in [1.29, 1.82) is 0 Å². The predicted octanol–water partition coefficient (Wildman–Crippen LogP) is 2.10. The van der Waals surface area contributed by atoms with Gasteiger partial charge in [-0.1, -0.05) is 6.07 Å². The highest BCUT2D eigenvalue weighted by atomic mass is 32.1. The van der Waals surface area contributed by atoms with E-state index >= 15 is 0 Å². The van der Waals surface area contributed by atoms with Crippen LogP contribution in [-0.2, 0) is 12.8 Å². The fraction of sp³-hybridized carbons (Fsp3) is 0.250. The van der Waals surface area contributed by atoms with E-state index in [1.54, 1.807) is 42.3 Å². The maximum atomic E-state index is 9.99. The van der Waals surface area contributed by atoms with Crippen molar-refractivity contribution in [3.63, 3.8) is 0 Å². The number of rotatable bonds is 6. The van der Waals surface area contributed by atoms with Crippen molar-refractivity contribution in [3.05, 3.63) is 70.2 Å². The maximum absolute atomic E-state index is 9.99. The predicted molar refractivity (Wildman–Crippen MR) is 87.3 cm³/mol. The molecule has 0 spiro atoms. The monoisotopic (exact) mass is 327 g/mol. The highest BCUT2D eigenvalue weighted by molar-refractivity contribution is 7.09. The molecule has 6 nitrogen and oxygen atoms in total. The van der Waals surface area contributed by atoms with Crippen molar-refractivity contribution in [3.8, 4) is 0 Å². The summed E-state index contributed by atoms with van der Waals surface area (Å²) in [6, 6.07) is 3.88. The first-order valence-corrected chi connectivity index (χ1v) is 8.24. The van der Waals surface area contributed by atoms with Gasteiger partial charge in [-0.25, -0.2) is 15.0 Å². The second-order valence-electron chi connectivity index (χ2n) is 5.06. The Morgan fingerprint density at radius 2 is 2.13 bits per heavy atom. The van der Waals surface area contributed by atoms with Crippen LogP contribution < -0.4 is 5.62 Å². The maximum Gasteiger partial charge on any atom is 0.258 e. The number of hydrogen-bond donors (Lipinski definition) is 1. The highest BCUT2D eigenvalue weighted by Gasteiger charge is 2.00. The third-order valence-electron chi connectivity index (χ3n) is 3.26. The number of thiazole rings is 1. The van der Waals surface area contributed by atoms with E-state index in [1.807, 2.05) is 17.5 Å². The molecule has 23 heavy (non-hydrogen) atoms. The molecule has 0 atom stereocenters. The molecular weight excluding hydrogens is 310 g/mol. The van der Waals surface area contributed by atoms with Crippen molar-refractivity contribution in [2.45, 2.75) is 19.3 Å². The molecule has 3 rings (SSSR count). The van der Waals surface area contributed by atoms with Gasteiger partial charge >= 0.3 is 0 Å². The summed E-state index contributed by atoms with van der Waals surface area (Å²) in [7, 11) is 0. The zero-order chi connectivity index (χ0) is 15.9. The van der Waals surface area contributed by atoms with Gasteiger partial charge in [0, 0.05) is 49.6 Å². The van der Waals surface area contributed by atoms with Crippen LogP contribution in [0.4, 0.5) is 0 Å². The number of aryl methyl sites for hydroxylation is 1. The highest BCUT2D eigenvalue weighted by Crippen LogP contribution is 2.07. The van der Waals surface area contributed by atoms with Gasteiger partial charge in [-0.15, -0.1) is 11.3 Å². The minimum absolute atomic E-state index is 0.319. The molecule has 0 radical (unpaired) electrons. The van der Waals surface area contributed by atoms with Crippen molar-refractivity contribution in [2.24, 2.45) is 4.99 Å². The molecule has 0 bridgehead atoms. The van der Waals surface area contributed by atoms with Gasteiger partial charge in [0.05, 0.1) is 11.2 Å². The van der Waals surface area contributed by atoms with Crippen LogP contribution in [0.1, 0.15) is 22.6 Å². The van der Waals surface area contributed by atoms with E-state index in [-0.39, 0.29) is 0 Å². The van der Waals surface area contributed by atoms with Crippen molar-refractivity contribution in [2.75, 3.05) is 6.54 Å². The van der Waals surface area contributed by atoms with Gasteiger partial charge in [-0.2, -0.15) is 4.73 Å². The van der Waals surface area contributed by atoms with E-state index < -0.39 is 0 Å². The van der Waals surface area contributed by atoms with E-state index in [2.05, 4.69) is 19.9 Å². The fourth-order valence-electron chi connectivity index (χ4n) is 2.18. The quantitative estimate of drug-likeness (QED) is 0.555. The summed E-state index contributed by atoms with van der Waals surface area (Å²) in [6.45, 7) is 0.606. The third-order valence-corrected chi connectivity index (χ3v) is 4.09. The Morgan fingerprint density at radius 1 is 1.17 bits per heavy atom. The van der Waals surface area contributed by atoms with Crippen LogP contribution in [0, 0.1) is 0 Å². The molecule has 0 aliphatic carbocycles. The molecular formula is C16H17N5OS. The molecule has 0 aromatic carbocycles. The molecule has 0 aliphatic heterocycles. The van der Waals surface area contributed by atoms with Gasteiger partial charge in [0.15, 0.2) is 0 Å². The Hall–Kier alpha value is -2.54. The average Bonchev–Trinajstić information content (AvgIpc) is 3.07. The number of pyridine rings is 1. The Morgan fingerprint density at radius 3 is 2.87 bits per heavy atom. The number of hydrogen-bond acceptors (Lipinski definition) is 6. The van der Waals surface area contributed by atoms with Crippen molar-refractivity contribution in [1.82, 2.24) is 19.7 Å². The van der Waals surface area contributed by atoms with Gasteiger partial charge in [-0.05, 0) is 23.6 Å². The van der Waals surface area contributed by atoms with E-state index in [0.29, 0.717) is 18.6 Å². The lowest BCUT2D eigenvalue weighted by Crippen LogP contribution is -2.23. The normalized spacial score (nSPS) is 11.7. The third kappa shape index (κ3) is 4.46. The van der Waals surface area contributed by atoms with Crippen molar-refractivity contribution >= 4 is 11.3 Å². The standard InChI is InChI=1S/C16H17N5OS/c22-21-12-14(9-13-3-1-5-17-10-13)11-20-16(21)19-6-2-4-15-18-7-8-23-15/h1,3,5,7-8,10-12,22H,2,4,6,9H2. The first-order valence-electron chi connectivity index (χ1n) is 7.36. The molecule has 1 N–H and O–H groups in total. The lowest BCUT2D eigenvalue weighted by molar-refractivity contribution is 0.165. The summed E-state index contributed by atoms with van der Waals surface area (Å²) >= 11 is 1.65. The van der Waals surface area contributed by atoms with Crippen LogP contribution in [0.2, 0.25) is 0 Å². The lowest BCUT2D eigenvalue weighted by atomic mass is 10.1. The van der Waals surface area contributed by atoms with Gasteiger partial charge in [0.2, 0.25) is 0 Å². The summed E-state index contributed by atoms with van der Waals surface area (Å²) < 4.78 is 0.981. The van der Waals surface area contributed by atoms with Crippen LogP contribution >= 0.6 is 11.3 Å². The molecule has 118 valence electrons. The van der Waals surface area contributed by atoms with Gasteiger partial charge < -0.3 is 5.21 Å². The SMILES string of the molecule is On1cc(Cc2cccnc2)cnc1=NCCCc1nccs1. The largest absolute Gasteiger partial charge is 0.425 e. The molecule has 0 unspecified atom stereocenters. The molecule has 3 heterocycles. The molecule has 3 aromatic heterocycles. The number of nitrogens with zero attached hydrogens (tertiary/aromatic N) is 5. The summed E-state index contributed by atoms with van der Waals surface area (Å²) in [5, 5.41) is 13.1. The first kappa shape index (κ1) is 15.4.